The summed E-state index contributed by atoms with van der Waals surface area (Å²) in [5, 5.41) is 7.50. The number of unbranched alkanes of at least 4 members (excludes halogenated alkanes) is 1. The van der Waals surface area contributed by atoms with E-state index in [4.69, 9.17) is 15.9 Å². The highest BCUT2D eigenvalue weighted by Crippen LogP contribution is 2.23. The van der Waals surface area contributed by atoms with E-state index >= 15 is 0 Å². The van der Waals surface area contributed by atoms with Crippen LogP contribution in [0.3, 0.4) is 0 Å². The van der Waals surface area contributed by atoms with E-state index in [0.29, 0.717) is 5.56 Å². The number of benzene rings is 1. The maximum Gasteiger partial charge on any atom is 0.124 e. The Kier molecular flexibility index (Phi) is 4.93. The minimum Gasteiger partial charge on any atom is -0.494 e. The van der Waals surface area contributed by atoms with Gasteiger partial charge in [0.2, 0.25) is 0 Å². The van der Waals surface area contributed by atoms with Crippen molar-refractivity contribution < 1.29 is 4.74 Å². The van der Waals surface area contributed by atoms with E-state index < -0.39 is 0 Å². The zero-order chi connectivity index (χ0) is 15.2. The molecular weight excluding hydrogens is 262 g/mol. The topological polar surface area (TPSA) is 72.0 Å². The molecule has 110 valence electrons. The van der Waals surface area contributed by atoms with E-state index in [2.05, 4.69) is 11.9 Å². The molecule has 1 aromatic heterocycles. The lowest BCUT2D eigenvalue weighted by molar-refractivity contribution is 0.309. The van der Waals surface area contributed by atoms with Gasteiger partial charge >= 0.3 is 0 Å². The summed E-state index contributed by atoms with van der Waals surface area (Å²) in [6, 6.07) is 11.6. The molecule has 0 spiro atoms. The molecule has 0 aliphatic heterocycles. The van der Waals surface area contributed by atoms with Crippen LogP contribution in [0.5, 0.6) is 5.75 Å². The number of nitrogens with two attached hydrogens (primary N) is 1. The van der Waals surface area contributed by atoms with Crippen LogP contribution in [0, 0.1) is 12.3 Å². The molecule has 0 aliphatic rings. The lowest BCUT2D eigenvalue weighted by Gasteiger charge is -2.09. The first-order chi connectivity index (χ1) is 10.1. The fourth-order valence-electron chi connectivity index (χ4n) is 2.09. The molecule has 0 radical (unpaired) electrons. The minimum atomic E-state index is 0.0446. The number of nitrogen functional groups attached to an aromatic ring is 1. The number of pyridine rings is 1. The van der Waals surface area contributed by atoms with Crippen LogP contribution >= 0.6 is 0 Å². The van der Waals surface area contributed by atoms with Crippen molar-refractivity contribution in [3.05, 3.63) is 47.7 Å². The Morgan fingerprint density at radius 1 is 1.29 bits per heavy atom. The molecule has 0 fully saturated rings. The van der Waals surface area contributed by atoms with Crippen LogP contribution in [0.25, 0.3) is 11.3 Å². The minimum absolute atomic E-state index is 0.0446. The van der Waals surface area contributed by atoms with Gasteiger partial charge < -0.3 is 10.5 Å². The third-order valence-corrected chi connectivity index (χ3v) is 3.27. The fraction of sp³-hybridized carbons (Fsp3) is 0.294. The van der Waals surface area contributed by atoms with Gasteiger partial charge in [0.05, 0.1) is 12.3 Å². The second-order valence-corrected chi connectivity index (χ2v) is 4.97. The first-order valence-corrected chi connectivity index (χ1v) is 7.17. The van der Waals surface area contributed by atoms with Crippen molar-refractivity contribution in [2.45, 2.75) is 26.7 Å². The number of nitrogens with zero attached hydrogens (tertiary/aromatic N) is 1. The van der Waals surface area contributed by atoms with Gasteiger partial charge in [-0.25, -0.2) is 0 Å². The van der Waals surface area contributed by atoms with Gasteiger partial charge in [-0.3, -0.25) is 10.4 Å². The van der Waals surface area contributed by atoms with E-state index in [1.54, 1.807) is 0 Å². The summed E-state index contributed by atoms with van der Waals surface area (Å²) in [5.41, 5.74) is 8.82. The predicted octanol–water partition coefficient (Wildman–Crippen LogP) is 3.52. The third kappa shape index (κ3) is 3.81. The van der Waals surface area contributed by atoms with E-state index in [0.717, 1.165) is 42.1 Å². The first-order valence-electron chi connectivity index (χ1n) is 7.17. The highest BCUT2D eigenvalue weighted by molar-refractivity contribution is 5.96. The van der Waals surface area contributed by atoms with E-state index in [-0.39, 0.29) is 5.84 Å². The van der Waals surface area contributed by atoms with Gasteiger partial charge in [-0.05, 0) is 37.6 Å². The number of ether oxygens (including phenoxy) is 1. The van der Waals surface area contributed by atoms with Crippen molar-refractivity contribution in [1.82, 2.24) is 4.98 Å². The average molecular weight is 283 g/mol. The molecule has 0 atom stereocenters. The molecule has 0 bridgehead atoms. The first kappa shape index (κ1) is 15.0. The molecule has 0 amide bonds. The molecule has 2 aromatic rings. The quantitative estimate of drug-likeness (QED) is 0.484. The maximum atomic E-state index is 7.50. The zero-order valence-electron chi connectivity index (χ0n) is 12.5. The second kappa shape index (κ2) is 6.88. The number of rotatable bonds is 6. The van der Waals surface area contributed by atoms with Gasteiger partial charge in [0.1, 0.15) is 11.6 Å². The Morgan fingerprint density at radius 3 is 2.76 bits per heavy atom. The molecule has 4 nitrogen and oxygen atoms in total. The van der Waals surface area contributed by atoms with Crippen LogP contribution in [-0.2, 0) is 0 Å². The molecule has 1 heterocycles. The average Bonchev–Trinajstić information content (AvgIpc) is 2.47. The lowest BCUT2D eigenvalue weighted by atomic mass is 10.1. The van der Waals surface area contributed by atoms with E-state index in [1.165, 1.54) is 0 Å². The number of hydrogen-bond donors (Lipinski definition) is 2. The fourth-order valence-corrected chi connectivity index (χ4v) is 2.09. The molecule has 0 unspecified atom stereocenters. The lowest BCUT2D eigenvalue weighted by Crippen LogP contribution is -2.13. The predicted molar refractivity (Wildman–Crippen MR) is 85.8 cm³/mol. The summed E-state index contributed by atoms with van der Waals surface area (Å²) in [4.78, 5) is 4.53. The highest BCUT2D eigenvalue weighted by Gasteiger charge is 2.07. The van der Waals surface area contributed by atoms with Gasteiger partial charge in [-0.2, -0.15) is 0 Å². The van der Waals surface area contributed by atoms with Crippen LogP contribution in [-0.4, -0.2) is 17.4 Å². The van der Waals surface area contributed by atoms with Crippen molar-refractivity contribution in [3.63, 3.8) is 0 Å². The second-order valence-electron chi connectivity index (χ2n) is 4.97. The summed E-state index contributed by atoms with van der Waals surface area (Å²) in [6.07, 6.45) is 2.17. The maximum absolute atomic E-state index is 7.50. The smallest absolute Gasteiger partial charge is 0.124 e. The summed E-state index contributed by atoms with van der Waals surface area (Å²) >= 11 is 0. The Hall–Kier alpha value is -2.36. The van der Waals surface area contributed by atoms with Crippen molar-refractivity contribution >= 4 is 5.84 Å². The van der Waals surface area contributed by atoms with Crippen LogP contribution in [0.1, 0.15) is 31.0 Å². The van der Waals surface area contributed by atoms with Crippen LogP contribution < -0.4 is 10.5 Å². The van der Waals surface area contributed by atoms with Crippen LogP contribution in [0.4, 0.5) is 0 Å². The van der Waals surface area contributed by atoms with Gasteiger partial charge in [0.15, 0.2) is 0 Å². The molecule has 4 heteroatoms. The molecule has 2 rings (SSSR count). The third-order valence-electron chi connectivity index (χ3n) is 3.27. The van der Waals surface area contributed by atoms with Crippen molar-refractivity contribution in [3.8, 4) is 17.0 Å². The van der Waals surface area contributed by atoms with Crippen LogP contribution in [0.2, 0.25) is 0 Å². The van der Waals surface area contributed by atoms with Crippen molar-refractivity contribution in [1.29, 1.82) is 5.41 Å². The SMILES string of the molecule is CCCCOc1cccc(-c2ccc(C(=N)N)c(C)n2)c1. The summed E-state index contributed by atoms with van der Waals surface area (Å²) in [5.74, 6) is 0.902. The molecule has 1 aromatic carbocycles. The molecule has 0 aliphatic carbocycles. The monoisotopic (exact) mass is 283 g/mol. The number of hydrogen-bond acceptors (Lipinski definition) is 3. The highest BCUT2D eigenvalue weighted by atomic mass is 16.5. The molecular formula is C17H21N3O. The molecule has 21 heavy (non-hydrogen) atoms. The summed E-state index contributed by atoms with van der Waals surface area (Å²) < 4.78 is 5.72. The Balaban J connectivity index is 2.23. The largest absolute Gasteiger partial charge is 0.494 e. The van der Waals surface area contributed by atoms with Gasteiger partial charge in [-0.15, -0.1) is 0 Å². The number of aryl methyl sites for hydroxylation is 1. The van der Waals surface area contributed by atoms with Crippen molar-refractivity contribution in [2.75, 3.05) is 6.61 Å². The van der Waals surface area contributed by atoms with Gasteiger partial charge in [-0.1, -0.05) is 25.5 Å². The molecule has 3 N–H and O–H groups in total. The van der Waals surface area contributed by atoms with Crippen LogP contribution in [0.15, 0.2) is 36.4 Å². The van der Waals surface area contributed by atoms with Gasteiger partial charge in [0.25, 0.3) is 0 Å². The number of aromatic nitrogens is 1. The molecule has 0 saturated carbocycles. The molecule has 0 saturated heterocycles. The summed E-state index contributed by atoms with van der Waals surface area (Å²) in [7, 11) is 0. The van der Waals surface area contributed by atoms with E-state index in [9.17, 15) is 0 Å². The zero-order valence-corrected chi connectivity index (χ0v) is 12.5. The standard InChI is InChI=1S/C17H21N3O/c1-3-4-10-21-14-7-5-6-13(11-14)16-9-8-15(17(18)19)12(2)20-16/h5-9,11H,3-4,10H2,1-2H3,(H3,18,19). The Bertz CT molecular complexity index is 638. The normalized spacial score (nSPS) is 10.4. The Morgan fingerprint density at radius 2 is 2.10 bits per heavy atom. The number of amidine groups is 1. The van der Waals surface area contributed by atoms with Gasteiger partial charge in [0, 0.05) is 16.8 Å². The Labute approximate surface area is 125 Å². The van der Waals surface area contributed by atoms with Crippen molar-refractivity contribution in [2.24, 2.45) is 5.73 Å². The number of nitrogens with one attached hydrogen (secondary N) is 1. The van der Waals surface area contributed by atoms with E-state index in [1.807, 2.05) is 43.3 Å². The summed E-state index contributed by atoms with van der Waals surface area (Å²) in [6.45, 7) is 4.74.